The molecule has 0 radical (unpaired) electrons. The molecule has 0 aliphatic carbocycles. The summed E-state index contributed by atoms with van der Waals surface area (Å²) in [6.45, 7) is -0.294. The number of carbonyl (C=O) groups is 2. The normalized spacial score (nSPS) is 15.3. The summed E-state index contributed by atoms with van der Waals surface area (Å²) >= 11 is 18.9. The second-order valence-electron chi connectivity index (χ2n) is 5.29. The molecule has 6 nitrogen and oxygen atoms in total. The number of ether oxygens (including phenoxy) is 1. The molecule has 0 aromatic heterocycles. The predicted molar refractivity (Wildman–Crippen MR) is 109 cm³/mol. The second-order valence-corrected chi connectivity index (χ2v) is 7.51. The Balaban J connectivity index is 1.62. The summed E-state index contributed by atoms with van der Waals surface area (Å²) in [5.41, 5.74) is 2.99. The molecule has 10 heteroatoms. The summed E-state index contributed by atoms with van der Waals surface area (Å²) in [4.78, 5) is 25.5. The van der Waals surface area contributed by atoms with Crippen molar-refractivity contribution < 1.29 is 14.3 Å². The van der Waals surface area contributed by atoms with Gasteiger partial charge in [0, 0.05) is 10.0 Å². The molecule has 3 rings (SSSR count). The molecule has 1 heterocycles. The van der Waals surface area contributed by atoms with Gasteiger partial charge in [-0.15, -0.1) is 5.10 Å². The Morgan fingerprint density at radius 3 is 2.56 bits per heavy atom. The van der Waals surface area contributed by atoms with Gasteiger partial charge in [-0.25, -0.2) is 5.43 Å². The molecule has 0 bridgehead atoms. The van der Waals surface area contributed by atoms with E-state index in [1.165, 1.54) is 22.7 Å². The van der Waals surface area contributed by atoms with Crippen LogP contribution < -0.4 is 15.1 Å². The molecule has 27 heavy (non-hydrogen) atoms. The summed E-state index contributed by atoms with van der Waals surface area (Å²) in [5, 5.41) is 5.70. The van der Waals surface area contributed by atoms with E-state index in [4.69, 9.17) is 39.5 Å². The van der Waals surface area contributed by atoms with E-state index < -0.39 is 5.91 Å². The first-order chi connectivity index (χ1) is 12.9. The number of hydrogen-bond acceptors (Lipinski definition) is 5. The molecule has 2 amide bonds. The number of rotatable bonds is 5. The van der Waals surface area contributed by atoms with Crippen molar-refractivity contribution in [1.82, 2.24) is 5.43 Å². The first-order valence-electron chi connectivity index (χ1n) is 7.60. The highest BCUT2D eigenvalue weighted by atomic mass is 35.5. The molecule has 140 valence electrons. The van der Waals surface area contributed by atoms with Crippen molar-refractivity contribution >= 4 is 69.2 Å². The van der Waals surface area contributed by atoms with Gasteiger partial charge in [-0.2, -0.15) is 0 Å². The van der Waals surface area contributed by atoms with Crippen molar-refractivity contribution in [2.75, 3.05) is 17.3 Å². The van der Waals surface area contributed by atoms with Crippen molar-refractivity contribution in [2.45, 2.75) is 0 Å². The molecular weight excluding hydrogens is 433 g/mol. The lowest BCUT2D eigenvalue weighted by atomic mass is 10.3. The van der Waals surface area contributed by atoms with Gasteiger partial charge in [0.25, 0.3) is 5.91 Å². The zero-order valence-electron chi connectivity index (χ0n) is 13.6. The Kier molecular flexibility index (Phi) is 6.49. The molecule has 0 unspecified atom stereocenters. The quantitative estimate of drug-likeness (QED) is 0.702. The maximum absolute atomic E-state index is 12.1. The number of anilines is 1. The van der Waals surface area contributed by atoms with E-state index in [1.807, 2.05) is 0 Å². The molecule has 1 aliphatic heterocycles. The fourth-order valence-corrected chi connectivity index (χ4v) is 3.58. The largest absolute Gasteiger partial charge is 0.482 e. The number of nitrogens with one attached hydrogen (secondary N) is 1. The van der Waals surface area contributed by atoms with E-state index >= 15 is 0 Å². The summed E-state index contributed by atoms with van der Waals surface area (Å²) in [5.74, 6) is -0.0741. The molecule has 0 spiro atoms. The van der Waals surface area contributed by atoms with Crippen LogP contribution in [0.5, 0.6) is 5.75 Å². The fraction of sp³-hybridized carbons (Fsp3) is 0.118. The lowest BCUT2D eigenvalue weighted by molar-refractivity contribution is -0.123. The minimum absolute atomic E-state index is 0.139. The number of thioether (sulfide) groups is 1. The van der Waals surface area contributed by atoms with Crippen molar-refractivity contribution in [3.05, 3.63) is 57.5 Å². The molecule has 0 atom stereocenters. The van der Waals surface area contributed by atoms with Crippen LogP contribution in [0.25, 0.3) is 0 Å². The van der Waals surface area contributed by atoms with Gasteiger partial charge in [0.1, 0.15) is 5.75 Å². The summed E-state index contributed by atoms with van der Waals surface area (Å²) in [6, 6.07) is 11.4. The first kappa shape index (κ1) is 19.8. The van der Waals surface area contributed by atoms with Crippen LogP contribution in [0.4, 0.5) is 5.69 Å². The van der Waals surface area contributed by atoms with E-state index in [2.05, 4.69) is 10.5 Å². The number of hydrogen-bond donors (Lipinski definition) is 1. The number of amides is 2. The molecule has 1 saturated heterocycles. The second kappa shape index (κ2) is 8.84. The standard InChI is InChI=1S/C17H12Cl3N3O3S/c18-10-1-4-12(5-2-10)23-16(25)9-27-17(23)22-21-15(24)8-26-14-6-3-11(19)7-13(14)20/h1-7H,8-9H2,(H,21,24)/b22-17+. The zero-order valence-corrected chi connectivity index (χ0v) is 16.7. The van der Waals surface area contributed by atoms with E-state index in [9.17, 15) is 9.59 Å². The fourth-order valence-electron chi connectivity index (χ4n) is 2.17. The molecular formula is C17H12Cl3N3O3S. The van der Waals surface area contributed by atoms with Crippen molar-refractivity contribution in [2.24, 2.45) is 5.10 Å². The number of benzene rings is 2. The Bertz CT molecular complexity index is 906. The van der Waals surface area contributed by atoms with Gasteiger partial charge in [-0.05, 0) is 42.5 Å². The van der Waals surface area contributed by atoms with Gasteiger partial charge in [0.05, 0.1) is 16.5 Å². The highest BCUT2D eigenvalue weighted by molar-refractivity contribution is 8.15. The number of amidine groups is 1. The van der Waals surface area contributed by atoms with E-state index in [0.717, 1.165) is 0 Å². The van der Waals surface area contributed by atoms with Gasteiger partial charge < -0.3 is 4.74 Å². The summed E-state index contributed by atoms with van der Waals surface area (Å²) < 4.78 is 5.34. The van der Waals surface area contributed by atoms with E-state index in [-0.39, 0.29) is 18.3 Å². The van der Waals surface area contributed by atoms with Crippen LogP contribution in [-0.2, 0) is 9.59 Å². The highest BCUT2D eigenvalue weighted by Gasteiger charge is 2.30. The van der Waals surface area contributed by atoms with Crippen LogP contribution in [0.15, 0.2) is 47.6 Å². The van der Waals surface area contributed by atoms with Crippen molar-refractivity contribution in [1.29, 1.82) is 0 Å². The number of carbonyl (C=O) groups excluding carboxylic acids is 2. The van der Waals surface area contributed by atoms with Crippen LogP contribution >= 0.6 is 46.6 Å². The maximum Gasteiger partial charge on any atom is 0.278 e. The number of nitrogens with zero attached hydrogens (tertiary/aromatic N) is 2. The Morgan fingerprint density at radius 1 is 1.15 bits per heavy atom. The smallest absolute Gasteiger partial charge is 0.278 e. The predicted octanol–water partition coefficient (Wildman–Crippen LogP) is 4.19. The minimum Gasteiger partial charge on any atom is -0.482 e. The third kappa shape index (κ3) is 5.07. The topological polar surface area (TPSA) is 71.0 Å². The lowest BCUT2D eigenvalue weighted by Crippen LogP contribution is -2.32. The van der Waals surface area contributed by atoms with Gasteiger partial charge in [-0.1, -0.05) is 46.6 Å². The molecule has 2 aromatic carbocycles. The Labute approximate surface area is 174 Å². The lowest BCUT2D eigenvalue weighted by Gasteiger charge is -2.16. The monoisotopic (exact) mass is 443 g/mol. The van der Waals surface area contributed by atoms with Gasteiger partial charge in [-0.3, -0.25) is 14.5 Å². The van der Waals surface area contributed by atoms with Gasteiger partial charge in [0.2, 0.25) is 5.91 Å². The SMILES string of the molecule is O=C(COc1ccc(Cl)cc1Cl)N/N=C1/SCC(=O)N1c1ccc(Cl)cc1. The minimum atomic E-state index is -0.496. The van der Waals surface area contributed by atoms with Crippen LogP contribution in [0.2, 0.25) is 15.1 Å². The Morgan fingerprint density at radius 2 is 1.85 bits per heavy atom. The van der Waals surface area contributed by atoms with Crippen LogP contribution in [-0.4, -0.2) is 29.3 Å². The van der Waals surface area contributed by atoms with E-state index in [0.29, 0.717) is 31.7 Å². The van der Waals surface area contributed by atoms with Crippen LogP contribution in [0, 0.1) is 0 Å². The average molecular weight is 445 g/mol. The summed E-state index contributed by atoms with van der Waals surface area (Å²) in [7, 11) is 0. The highest BCUT2D eigenvalue weighted by Crippen LogP contribution is 2.28. The number of hydrazone groups is 1. The third-order valence-corrected chi connectivity index (χ3v) is 5.08. The summed E-state index contributed by atoms with van der Waals surface area (Å²) in [6.07, 6.45) is 0. The van der Waals surface area contributed by atoms with Crippen LogP contribution in [0.1, 0.15) is 0 Å². The van der Waals surface area contributed by atoms with E-state index in [1.54, 1.807) is 36.4 Å². The van der Waals surface area contributed by atoms with Crippen molar-refractivity contribution in [3.8, 4) is 5.75 Å². The third-order valence-electron chi connectivity index (χ3n) is 3.38. The zero-order chi connectivity index (χ0) is 19.4. The molecule has 2 aromatic rings. The van der Waals surface area contributed by atoms with Gasteiger partial charge >= 0.3 is 0 Å². The average Bonchev–Trinajstić information content (AvgIpc) is 3.00. The molecule has 0 saturated carbocycles. The molecule has 1 fully saturated rings. The molecule has 1 aliphatic rings. The molecule has 1 N–H and O–H groups in total. The maximum atomic E-state index is 12.1. The number of halogens is 3. The Hall–Kier alpha value is -1.93. The first-order valence-corrected chi connectivity index (χ1v) is 9.71. The van der Waals surface area contributed by atoms with Gasteiger partial charge in [0.15, 0.2) is 11.8 Å². The van der Waals surface area contributed by atoms with Crippen molar-refractivity contribution in [3.63, 3.8) is 0 Å². The van der Waals surface area contributed by atoms with Crippen LogP contribution in [0.3, 0.4) is 0 Å².